The number of hydrogen-bond donors (Lipinski definition) is 1. The fourth-order valence-corrected chi connectivity index (χ4v) is 2.03. The van der Waals surface area contributed by atoms with Crippen molar-refractivity contribution in [1.82, 2.24) is 0 Å². The molecule has 0 saturated heterocycles. The number of halogens is 1. The summed E-state index contributed by atoms with van der Waals surface area (Å²) in [5.41, 5.74) is 7.65. The van der Waals surface area contributed by atoms with E-state index in [1.165, 1.54) is 11.6 Å². The molecule has 2 rings (SSSR count). The first-order chi connectivity index (χ1) is 8.31. The maximum absolute atomic E-state index is 13.7. The maximum atomic E-state index is 13.7. The van der Waals surface area contributed by atoms with E-state index in [4.69, 9.17) is 5.73 Å². The van der Waals surface area contributed by atoms with Crippen LogP contribution in [-0.4, -0.2) is 6.54 Å². The SMILES string of the molecule is NCC(Cc1ccccc1)c1ccccc1F. The lowest BCUT2D eigenvalue weighted by Gasteiger charge is -2.16. The number of rotatable bonds is 4. The minimum absolute atomic E-state index is 0.0404. The molecule has 0 fully saturated rings. The lowest BCUT2D eigenvalue weighted by Crippen LogP contribution is -2.16. The molecular weight excluding hydrogens is 213 g/mol. The van der Waals surface area contributed by atoms with Crippen LogP contribution >= 0.6 is 0 Å². The van der Waals surface area contributed by atoms with Crippen LogP contribution in [-0.2, 0) is 6.42 Å². The van der Waals surface area contributed by atoms with Gasteiger partial charge < -0.3 is 5.73 Å². The Balaban J connectivity index is 2.21. The van der Waals surface area contributed by atoms with Crippen molar-refractivity contribution in [2.75, 3.05) is 6.54 Å². The van der Waals surface area contributed by atoms with Crippen molar-refractivity contribution < 1.29 is 4.39 Å². The topological polar surface area (TPSA) is 26.0 Å². The van der Waals surface area contributed by atoms with Crippen LogP contribution in [0.25, 0.3) is 0 Å². The van der Waals surface area contributed by atoms with E-state index in [-0.39, 0.29) is 11.7 Å². The molecule has 0 spiro atoms. The van der Waals surface area contributed by atoms with Gasteiger partial charge in [0.15, 0.2) is 0 Å². The lowest BCUT2D eigenvalue weighted by atomic mass is 9.92. The Morgan fingerprint density at radius 3 is 2.24 bits per heavy atom. The smallest absolute Gasteiger partial charge is 0.126 e. The molecule has 2 aromatic carbocycles. The van der Waals surface area contributed by atoms with Crippen molar-refractivity contribution in [2.24, 2.45) is 5.73 Å². The van der Waals surface area contributed by atoms with E-state index in [1.54, 1.807) is 6.07 Å². The molecule has 2 aromatic rings. The zero-order valence-corrected chi connectivity index (χ0v) is 9.64. The molecular formula is C15H16FN. The summed E-state index contributed by atoms with van der Waals surface area (Å²) in [5, 5.41) is 0. The molecule has 1 nitrogen and oxygen atoms in total. The predicted octanol–water partition coefficient (Wildman–Crippen LogP) is 3.11. The Morgan fingerprint density at radius 2 is 1.59 bits per heavy atom. The third kappa shape index (κ3) is 2.92. The van der Waals surface area contributed by atoms with Crippen molar-refractivity contribution >= 4 is 0 Å². The molecule has 0 radical (unpaired) electrons. The average Bonchev–Trinajstić information content (AvgIpc) is 2.38. The maximum Gasteiger partial charge on any atom is 0.126 e. The summed E-state index contributed by atoms with van der Waals surface area (Å²) in [6.45, 7) is 0.454. The molecule has 1 atom stereocenters. The van der Waals surface area contributed by atoms with E-state index in [0.717, 1.165) is 6.42 Å². The van der Waals surface area contributed by atoms with Crippen LogP contribution in [0.4, 0.5) is 4.39 Å². The summed E-state index contributed by atoms with van der Waals surface area (Å²) >= 11 is 0. The van der Waals surface area contributed by atoms with Gasteiger partial charge in [-0.1, -0.05) is 48.5 Å². The highest BCUT2D eigenvalue weighted by molar-refractivity contribution is 5.25. The fraction of sp³-hybridized carbons (Fsp3) is 0.200. The van der Waals surface area contributed by atoms with Crippen molar-refractivity contribution in [2.45, 2.75) is 12.3 Å². The molecule has 2 N–H and O–H groups in total. The van der Waals surface area contributed by atoms with Gasteiger partial charge in [0.25, 0.3) is 0 Å². The van der Waals surface area contributed by atoms with Crippen molar-refractivity contribution in [3.63, 3.8) is 0 Å². The second kappa shape index (κ2) is 5.60. The molecule has 0 aliphatic carbocycles. The molecule has 0 aromatic heterocycles. The molecule has 2 heteroatoms. The summed E-state index contributed by atoms with van der Waals surface area (Å²) in [4.78, 5) is 0. The number of benzene rings is 2. The van der Waals surface area contributed by atoms with Gasteiger partial charge in [-0.15, -0.1) is 0 Å². The van der Waals surface area contributed by atoms with Crippen LogP contribution in [0, 0.1) is 5.82 Å². The van der Waals surface area contributed by atoms with Gasteiger partial charge in [-0.2, -0.15) is 0 Å². The van der Waals surface area contributed by atoms with Crippen molar-refractivity contribution in [1.29, 1.82) is 0 Å². The molecule has 0 aliphatic heterocycles. The minimum atomic E-state index is -0.168. The Kier molecular flexibility index (Phi) is 3.89. The van der Waals surface area contributed by atoms with Gasteiger partial charge in [-0.25, -0.2) is 4.39 Å². The van der Waals surface area contributed by atoms with E-state index in [9.17, 15) is 4.39 Å². The van der Waals surface area contributed by atoms with Gasteiger partial charge in [0.05, 0.1) is 0 Å². The predicted molar refractivity (Wildman–Crippen MR) is 68.3 cm³/mol. The first-order valence-corrected chi connectivity index (χ1v) is 5.79. The zero-order chi connectivity index (χ0) is 12.1. The van der Waals surface area contributed by atoms with E-state index in [0.29, 0.717) is 12.1 Å². The molecule has 1 unspecified atom stereocenters. The van der Waals surface area contributed by atoms with Gasteiger partial charge >= 0.3 is 0 Å². The van der Waals surface area contributed by atoms with Crippen molar-refractivity contribution in [3.8, 4) is 0 Å². The fourth-order valence-electron chi connectivity index (χ4n) is 2.03. The second-order valence-electron chi connectivity index (χ2n) is 4.14. The van der Waals surface area contributed by atoms with Gasteiger partial charge in [0.2, 0.25) is 0 Å². The standard InChI is InChI=1S/C15H16FN/c16-15-9-5-4-8-14(15)13(11-17)10-12-6-2-1-3-7-12/h1-9,13H,10-11,17H2. The van der Waals surface area contributed by atoms with E-state index < -0.39 is 0 Å². The van der Waals surface area contributed by atoms with Crippen LogP contribution in [0.2, 0.25) is 0 Å². The summed E-state index contributed by atoms with van der Waals surface area (Å²) in [6.07, 6.45) is 0.776. The molecule has 17 heavy (non-hydrogen) atoms. The third-order valence-electron chi connectivity index (χ3n) is 2.95. The van der Waals surface area contributed by atoms with Crippen LogP contribution in [0.3, 0.4) is 0 Å². The van der Waals surface area contributed by atoms with Gasteiger partial charge in [0.1, 0.15) is 5.82 Å². The lowest BCUT2D eigenvalue weighted by molar-refractivity contribution is 0.576. The minimum Gasteiger partial charge on any atom is -0.330 e. The number of hydrogen-bond acceptors (Lipinski definition) is 1. The molecule has 0 saturated carbocycles. The highest BCUT2D eigenvalue weighted by atomic mass is 19.1. The normalized spacial score (nSPS) is 12.4. The highest BCUT2D eigenvalue weighted by Crippen LogP contribution is 2.22. The van der Waals surface area contributed by atoms with E-state index >= 15 is 0 Å². The quantitative estimate of drug-likeness (QED) is 0.856. The Hall–Kier alpha value is -1.67. The van der Waals surface area contributed by atoms with Gasteiger partial charge in [-0.05, 0) is 30.2 Å². The zero-order valence-electron chi connectivity index (χ0n) is 9.64. The van der Waals surface area contributed by atoms with Gasteiger partial charge in [-0.3, -0.25) is 0 Å². The van der Waals surface area contributed by atoms with Crippen LogP contribution < -0.4 is 5.73 Å². The Labute approximate surface area is 101 Å². The van der Waals surface area contributed by atoms with Crippen LogP contribution in [0.5, 0.6) is 0 Å². The summed E-state index contributed by atoms with van der Waals surface area (Å²) in [6, 6.07) is 16.9. The first-order valence-electron chi connectivity index (χ1n) is 5.79. The molecule has 0 amide bonds. The second-order valence-corrected chi connectivity index (χ2v) is 4.14. The first kappa shape index (κ1) is 11.8. The summed E-state index contributed by atoms with van der Waals surface area (Å²) in [7, 11) is 0. The Bertz CT molecular complexity index is 467. The van der Waals surface area contributed by atoms with E-state index in [2.05, 4.69) is 0 Å². The van der Waals surface area contributed by atoms with Crippen LogP contribution in [0.1, 0.15) is 17.0 Å². The highest BCUT2D eigenvalue weighted by Gasteiger charge is 2.14. The third-order valence-corrected chi connectivity index (χ3v) is 2.95. The monoisotopic (exact) mass is 229 g/mol. The molecule has 0 bridgehead atoms. The number of nitrogens with two attached hydrogens (primary N) is 1. The van der Waals surface area contributed by atoms with Crippen molar-refractivity contribution in [3.05, 3.63) is 71.5 Å². The van der Waals surface area contributed by atoms with E-state index in [1.807, 2.05) is 42.5 Å². The summed E-state index contributed by atoms with van der Waals surface area (Å²) < 4.78 is 13.7. The van der Waals surface area contributed by atoms with Crippen LogP contribution in [0.15, 0.2) is 54.6 Å². The largest absolute Gasteiger partial charge is 0.330 e. The summed E-state index contributed by atoms with van der Waals surface area (Å²) in [5.74, 6) is -0.127. The molecule has 0 heterocycles. The Morgan fingerprint density at radius 1 is 0.941 bits per heavy atom. The molecule has 88 valence electrons. The van der Waals surface area contributed by atoms with Gasteiger partial charge in [0, 0.05) is 5.92 Å². The molecule has 0 aliphatic rings. The average molecular weight is 229 g/mol.